The summed E-state index contributed by atoms with van der Waals surface area (Å²) in [5, 5.41) is 18.3. The Balaban J connectivity index is 3.03. The van der Waals surface area contributed by atoms with Crippen molar-refractivity contribution in [1.29, 1.82) is 5.26 Å². The third kappa shape index (κ3) is 2.97. The van der Waals surface area contributed by atoms with Crippen LogP contribution >= 0.6 is 11.8 Å². The number of pyridine rings is 1. The lowest BCUT2D eigenvalue weighted by Gasteiger charge is -2.17. The van der Waals surface area contributed by atoms with Crippen molar-refractivity contribution >= 4 is 17.7 Å². The zero-order valence-corrected chi connectivity index (χ0v) is 10.1. The first-order chi connectivity index (χ1) is 7.35. The van der Waals surface area contributed by atoms with E-state index in [9.17, 15) is 4.79 Å². The van der Waals surface area contributed by atoms with E-state index in [0.29, 0.717) is 16.3 Å². The molecule has 0 aliphatic carbocycles. The van der Waals surface area contributed by atoms with Crippen LogP contribution in [0.2, 0.25) is 0 Å². The van der Waals surface area contributed by atoms with Crippen LogP contribution in [-0.2, 0) is 4.79 Å². The summed E-state index contributed by atoms with van der Waals surface area (Å²) in [5.41, 5.74) is 1.21. The molecule has 0 aliphatic heterocycles. The van der Waals surface area contributed by atoms with Crippen molar-refractivity contribution in [3.8, 4) is 6.07 Å². The van der Waals surface area contributed by atoms with Crippen LogP contribution in [0.4, 0.5) is 0 Å². The Bertz CT molecular complexity index is 464. The quantitative estimate of drug-likeness (QED) is 0.814. The third-order valence-corrected chi connectivity index (χ3v) is 3.04. The van der Waals surface area contributed by atoms with Crippen LogP contribution in [0.5, 0.6) is 0 Å². The molecule has 0 amide bonds. The number of rotatable bonds is 3. The first kappa shape index (κ1) is 12.5. The summed E-state index contributed by atoms with van der Waals surface area (Å²) < 4.78 is -0.951. The Morgan fingerprint density at radius 3 is 2.69 bits per heavy atom. The van der Waals surface area contributed by atoms with E-state index >= 15 is 0 Å². The summed E-state index contributed by atoms with van der Waals surface area (Å²) in [7, 11) is 0. The minimum atomic E-state index is -0.951. The van der Waals surface area contributed by atoms with Gasteiger partial charge in [-0.15, -0.1) is 0 Å². The van der Waals surface area contributed by atoms with Gasteiger partial charge in [-0.05, 0) is 32.9 Å². The van der Waals surface area contributed by atoms with Gasteiger partial charge in [-0.3, -0.25) is 4.79 Å². The molecule has 0 bridgehead atoms. The molecule has 16 heavy (non-hydrogen) atoms. The van der Waals surface area contributed by atoms with E-state index in [4.69, 9.17) is 10.4 Å². The highest BCUT2D eigenvalue weighted by Crippen LogP contribution is 2.31. The number of carboxylic acid groups (broad SMARTS) is 1. The van der Waals surface area contributed by atoms with Crippen molar-refractivity contribution < 1.29 is 9.90 Å². The molecule has 1 N–H and O–H groups in total. The Labute approximate surface area is 98.3 Å². The van der Waals surface area contributed by atoms with Gasteiger partial charge in [0.2, 0.25) is 0 Å². The number of aromatic nitrogens is 1. The molecule has 0 aliphatic rings. The molecule has 0 spiro atoms. The Morgan fingerprint density at radius 2 is 2.19 bits per heavy atom. The zero-order chi connectivity index (χ0) is 12.3. The number of nitrogens with zero attached hydrogens (tertiary/aromatic N) is 2. The van der Waals surface area contributed by atoms with E-state index in [1.54, 1.807) is 32.9 Å². The minimum Gasteiger partial charge on any atom is -0.480 e. The van der Waals surface area contributed by atoms with E-state index in [1.807, 2.05) is 6.07 Å². The van der Waals surface area contributed by atoms with Gasteiger partial charge in [0.25, 0.3) is 0 Å². The Morgan fingerprint density at radius 1 is 1.56 bits per heavy atom. The summed E-state index contributed by atoms with van der Waals surface area (Å²) in [6.45, 7) is 4.99. The number of hydrogen-bond donors (Lipinski definition) is 1. The molecular weight excluding hydrogens is 224 g/mol. The fraction of sp³-hybridized carbons (Fsp3) is 0.364. The van der Waals surface area contributed by atoms with Gasteiger partial charge in [-0.2, -0.15) is 5.26 Å². The lowest BCUT2D eigenvalue weighted by Crippen LogP contribution is -2.27. The minimum absolute atomic E-state index is 0.496. The molecule has 0 fully saturated rings. The summed E-state index contributed by atoms with van der Waals surface area (Å²) in [5.74, 6) is -0.903. The lowest BCUT2D eigenvalue weighted by atomic mass is 10.2. The van der Waals surface area contributed by atoms with Crippen molar-refractivity contribution in [3.05, 3.63) is 23.4 Å². The summed E-state index contributed by atoms with van der Waals surface area (Å²) in [6.07, 6.45) is 0. The van der Waals surface area contributed by atoms with Gasteiger partial charge >= 0.3 is 5.97 Å². The molecule has 0 saturated heterocycles. The van der Waals surface area contributed by atoms with Crippen molar-refractivity contribution in [2.75, 3.05) is 0 Å². The molecule has 1 heterocycles. The van der Waals surface area contributed by atoms with E-state index in [-0.39, 0.29) is 0 Å². The smallest absolute Gasteiger partial charge is 0.319 e. The number of aryl methyl sites for hydroxylation is 1. The van der Waals surface area contributed by atoms with Crippen molar-refractivity contribution in [1.82, 2.24) is 4.98 Å². The summed E-state index contributed by atoms with van der Waals surface area (Å²) >= 11 is 1.14. The van der Waals surface area contributed by atoms with Crippen LogP contribution in [-0.4, -0.2) is 20.8 Å². The molecule has 84 valence electrons. The monoisotopic (exact) mass is 236 g/mol. The average molecular weight is 236 g/mol. The third-order valence-electron chi connectivity index (χ3n) is 1.93. The highest BCUT2D eigenvalue weighted by Gasteiger charge is 2.29. The fourth-order valence-corrected chi connectivity index (χ4v) is 2.05. The Kier molecular flexibility index (Phi) is 3.55. The predicted molar refractivity (Wildman–Crippen MR) is 61.3 cm³/mol. The molecule has 0 unspecified atom stereocenters. The highest BCUT2D eigenvalue weighted by molar-refractivity contribution is 8.01. The SMILES string of the molecule is Cc1cc(C#N)cc(SC(C)(C)C(=O)O)n1. The van der Waals surface area contributed by atoms with Gasteiger partial charge in [0, 0.05) is 5.69 Å². The molecule has 0 radical (unpaired) electrons. The standard InChI is InChI=1S/C11H12N2O2S/c1-7-4-8(6-12)5-9(13-7)16-11(2,3)10(14)15/h4-5H,1-3H3,(H,14,15). The van der Waals surface area contributed by atoms with E-state index < -0.39 is 10.7 Å². The number of thioether (sulfide) groups is 1. The second-order valence-corrected chi connectivity index (χ2v) is 5.51. The molecule has 4 nitrogen and oxygen atoms in total. The lowest BCUT2D eigenvalue weighted by molar-refractivity contribution is -0.138. The number of aliphatic carboxylic acids is 1. The molecule has 1 aromatic rings. The molecule has 0 saturated carbocycles. The average Bonchev–Trinajstić information content (AvgIpc) is 2.15. The predicted octanol–water partition coefficient (Wildman–Crippen LogP) is 2.22. The largest absolute Gasteiger partial charge is 0.480 e. The number of carboxylic acids is 1. The van der Waals surface area contributed by atoms with Gasteiger partial charge in [-0.1, -0.05) is 11.8 Å². The molecule has 1 rings (SSSR count). The first-order valence-electron chi connectivity index (χ1n) is 4.66. The summed E-state index contributed by atoms with van der Waals surface area (Å²) in [4.78, 5) is 15.1. The maximum atomic E-state index is 11.0. The van der Waals surface area contributed by atoms with Crippen LogP contribution in [0.3, 0.4) is 0 Å². The first-order valence-corrected chi connectivity index (χ1v) is 5.48. The van der Waals surface area contributed by atoms with E-state index in [1.165, 1.54) is 0 Å². The van der Waals surface area contributed by atoms with Crippen LogP contribution in [0, 0.1) is 18.3 Å². The van der Waals surface area contributed by atoms with Crippen molar-refractivity contribution in [2.45, 2.75) is 30.5 Å². The van der Waals surface area contributed by atoms with Gasteiger partial charge in [0.15, 0.2) is 0 Å². The van der Waals surface area contributed by atoms with Crippen LogP contribution in [0.25, 0.3) is 0 Å². The molecule has 1 aromatic heterocycles. The summed E-state index contributed by atoms with van der Waals surface area (Å²) in [6, 6.07) is 5.29. The number of carbonyl (C=O) groups is 1. The second-order valence-electron chi connectivity index (χ2n) is 3.86. The van der Waals surface area contributed by atoms with Crippen molar-refractivity contribution in [3.63, 3.8) is 0 Å². The zero-order valence-electron chi connectivity index (χ0n) is 9.31. The normalized spacial score (nSPS) is 10.9. The molecule has 5 heteroatoms. The molecule has 0 aromatic carbocycles. The highest BCUT2D eigenvalue weighted by atomic mass is 32.2. The van der Waals surface area contributed by atoms with Gasteiger partial charge in [0.1, 0.15) is 4.75 Å². The number of nitriles is 1. The maximum absolute atomic E-state index is 11.0. The Hall–Kier alpha value is -1.54. The topological polar surface area (TPSA) is 74.0 Å². The molecular formula is C11H12N2O2S. The second kappa shape index (κ2) is 4.54. The van der Waals surface area contributed by atoms with E-state index in [0.717, 1.165) is 11.8 Å². The number of hydrogen-bond acceptors (Lipinski definition) is 4. The van der Waals surface area contributed by atoms with Crippen LogP contribution in [0.15, 0.2) is 17.2 Å². The van der Waals surface area contributed by atoms with Crippen LogP contribution in [0.1, 0.15) is 25.1 Å². The molecule has 0 atom stereocenters. The van der Waals surface area contributed by atoms with Crippen LogP contribution < -0.4 is 0 Å². The van der Waals surface area contributed by atoms with Crippen molar-refractivity contribution in [2.24, 2.45) is 0 Å². The fourth-order valence-electron chi connectivity index (χ4n) is 1.06. The van der Waals surface area contributed by atoms with Gasteiger partial charge in [-0.25, -0.2) is 4.98 Å². The van der Waals surface area contributed by atoms with E-state index in [2.05, 4.69) is 4.98 Å². The van der Waals surface area contributed by atoms with Gasteiger partial charge in [0.05, 0.1) is 16.7 Å². The van der Waals surface area contributed by atoms with Gasteiger partial charge < -0.3 is 5.11 Å². The maximum Gasteiger partial charge on any atom is 0.319 e.